The summed E-state index contributed by atoms with van der Waals surface area (Å²) in [4.78, 5) is 12.7. The Balaban J connectivity index is 1.15. The maximum absolute atomic E-state index is 15.1. The molecule has 1 aliphatic heterocycles. The van der Waals surface area contributed by atoms with Crippen LogP contribution < -0.4 is 24.2 Å². The first-order valence-corrected chi connectivity index (χ1v) is 15.3. The Labute approximate surface area is 238 Å². The summed E-state index contributed by atoms with van der Waals surface area (Å²) in [5.41, 5.74) is 0.325. The summed E-state index contributed by atoms with van der Waals surface area (Å²) in [6, 6.07) is 5.93. The Bertz CT molecular complexity index is 1450. The fourth-order valence-electron chi connectivity index (χ4n) is 5.64. The summed E-state index contributed by atoms with van der Waals surface area (Å²) in [5, 5.41) is 2.74. The highest BCUT2D eigenvalue weighted by atomic mass is 35.5. The smallest absolute Gasteiger partial charge is 0.488 e. The average Bonchev–Trinajstić information content (AvgIpc) is 3.75. The molecule has 4 fully saturated rings. The van der Waals surface area contributed by atoms with Gasteiger partial charge in [0.1, 0.15) is 29.2 Å². The van der Waals surface area contributed by atoms with Crippen LogP contribution in [0.5, 0.6) is 17.2 Å². The number of alkyl halides is 3. The van der Waals surface area contributed by atoms with E-state index in [2.05, 4.69) is 10.1 Å². The summed E-state index contributed by atoms with van der Waals surface area (Å²) >= 11 is 5.96. The maximum Gasteiger partial charge on any atom is 0.573 e. The molecule has 4 aliphatic rings. The van der Waals surface area contributed by atoms with Crippen molar-refractivity contribution < 1.29 is 45.0 Å². The molecule has 2 aromatic rings. The normalized spacial score (nSPS) is 26.0. The molecule has 0 radical (unpaired) electrons. The van der Waals surface area contributed by atoms with Crippen LogP contribution in [0.3, 0.4) is 0 Å². The molecule has 1 saturated heterocycles. The average molecular weight is 619 g/mol. The standard InChI is InChI=1S/C27H27ClF4N2O6S/c28-15-8-16(10-17(9-15)40-27(30,31)32)38-24-7-14-3-6-22(33-24)25(14)39-23-12-21(29)20(11-19(23)13-1-2-13)26(35)34-41(36,37)18-4-5-18/h8-14,18,22,24-25,33H,1-7H2,(H,34,35)/t14?,22-,24+,25+/m0/s1. The summed E-state index contributed by atoms with van der Waals surface area (Å²) in [6.07, 6.45) is -1.08. The summed E-state index contributed by atoms with van der Waals surface area (Å²) < 4.78 is 95.7. The number of hydrogen-bond acceptors (Lipinski definition) is 7. The van der Waals surface area contributed by atoms with Crippen LogP contribution in [-0.4, -0.2) is 44.3 Å². The number of sulfonamides is 1. The first-order valence-electron chi connectivity index (χ1n) is 13.4. The van der Waals surface area contributed by atoms with Gasteiger partial charge in [-0.2, -0.15) is 0 Å². The zero-order valence-corrected chi connectivity index (χ0v) is 23.1. The number of benzene rings is 2. The van der Waals surface area contributed by atoms with Crippen LogP contribution in [0.1, 0.15) is 66.8 Å². The zero-order chi connectivity index (χ0) is 29.1. The molecule has 14 heteroatoms. The molecule has 222 valence electrons. The molecule has 0 aromatic heterocycles. The lowest BCUT2D eigenvalue weighted by Gasteiger charge is -2.37. The number of amides is 1. The van der Waals surface area contributed by atoms with Crippen LogP contribution in [-0.2, 0) is 10.0 Å². The number of rotatable bonds is 9. The minimum Gasteiger partial charge on any atom is -0.488 e. The molecule has 2 aromatic carbocycles. The summed E-state index contributed by atoms with van der Waals surface area (Å²) in [5.74, 6) is -1.83. The topological polar surface area (TPSA) is 103 Å². The fraction of sp³-hybridized carbons (Fsp3) is 0.519. The number of piperidine rings is 1. The van der Waals surface area contributed by atoms with Crippen molar-refractivity contribution in [2.45, 2.75) is 80.8 Å². The van der Waals surface area contributed by atoms with Gasteiger partial charge in [-0.25, -0.2) is 17.5 Å². The van der Waals surface area contributed by atoms with Gasteiger partial charge in [-0.05, 0) is 68.2 Å². The summed E-state index contributed by atoms with van der Waals surface area (Å²) in [6.45, 7) is 0. The van der Waals surface area contributed by atoms with E-state index in [1.54, 1.807) is 0 Å². The van der Waals surface area contributed by atoms with Crippen molar-refractivity contribution in [1.29, 1.82) is 0 Å². The van der Waals surface area contributed by atoms with Crippen molar-refractivity contribution in [3.8, 4) is 17.2 Å². The highest BCUT2D eigenvalue weighted by Gasteiger charge is 2.46. The van der Waals surface area contributed by atoms with Crippen molar-refractivity contribution in [2.75, 3.05) is 0 Å². The molecule has 3 saturated carbocycles. The molecule has 8 nitrogen and oxygen atoms in total. The third-order valence-electron chi connectivity index (χ3n) is 7.81. The van der Waals surface area contributed by atoms with E-state index in [1.165, 1.54) is 12.1 Å². The van der Waals surface area contributed by atoms with Crippen molar-refractivity contribution in [1.82, 2.24) is 10.0 Å². The van der Waals surface area contributed by atoms with Crippen LogP contribution in [0.15, 0.2) is 30.3 Å². The number of fused-ring (bicyclic) bond motifs is 2. The van der Waals surface area contributed by atoms with Gasteiger partial charge in [0.15, 0.2) is 6.23 Å². The van der Waals surface area contributed by atoms with Crippen molar-refractivity contribution in [3.05, 3.63) is 52.3 Å². The minimum absolute atomic E-state index is 0.0121. The Morgan fingerprint density at radius 1 is 0.976 bits per heavy atom. The molecular weight excluding hydrogens is 592 g/mol. The number of hydrogen-bond donors (Lipinski definition) is 2. The van der Waals surface area contributed by atoms with Crippen LogP contribution in [0, 0.1) is 11.7 Å². The Kier molecular flexibility index (Phi) is 7.26. The van der Waals surface area contributed by atoms with Crippen LogP contribution >= 0.6 is 11.6 Å². The highest BCUT2D eigenvalue weighted by molar-refractivity contribution is 7.91. The summed E-state index contributed by atoms with van der Waals surface area (Å²) in [7, 11) is -3.83. The third-order valence-corrected chi connectivity index (χ3v) is 9.84. The molecule has 1 unspecified atom stereocenters. The van der Waals surface area contributed by atoms with Gasteiger partial charge in [-0.1, -0.05) is 11.6 Å². The molecule has 1 heterocycles. The number of ether oxygens (including phenoxy) is 3. The van der Waals surface area contributed by atoms with Crippen LogP contribution in [0.4, 0.5) is 17.6 Å². The van der Waals surface area contributed by atoms with Gasteiger partial charge in [-0.3, -0.25) is 10.1 Å². The van der Waals surface area contributed by atoms with E-state index in [1.807, 2.05) is 4.72 Å². The monoisotopic (exact) mass is 618 g/mol. The van der Waals surface area contributed by atoms with E-state index in [0.717, 1.165) is 43.9 Å². The second kappa shape index (κ2) is 10.5. The van der Waals surface area contributed by atoms with Gasteiger partial charge >= 0.3 is 6.36 Å². The predicted molar refractivity (Wildman–Crippen MR) is 139 cm³/mol. The maximum atomic E-state index is 15.1. The second-order valence-corrected chi connectivity index (χ2v) is 13.4. The van der Waals surface area contributed by atoms with E-state index in [9.17, 15) is 26.4 Å². The van der Waals surface area contributed by atoms with E-state index in [-0.39, 0.29) is 40.3 Å². The van der Waals surface area contributed by atoms with Gasteiger partial charge in [0.25, 0.3) is 5.91 Å². The van der Waals surface area contributed by atoms with Gasteiger partial charge in [0.05, 0.1) is 10.8 Å². The quantitative estimate of drug-likeness (QED) is 0.363. The van der Waals surface area contributed by atoms with Gasteiger partial charge < -0.3 is 14.2 Å². The van der Waals surface area contributed by atoms with E-state index < -0.39 is 45.3 Å². The zero-order valence-electron chi connectivity index (χ0n) is 21.5. The van der Waals surface area contributed by atoms with Crippen molar-refractivity contribution >= 4 is 27.5 Å². The molecule has 4 atom stereocenters. The lowest BCUT2D eigenvalue weighted by molar-refractivity contribution is -0.274. The van der Waals surface area contributed by atoms with E-state index >= 15 is 4.39 Å². The number of nitrogens with one attached hydrogen (secondary N) is 2. The fourth-order valence-corrected chi connectivity index (χ4v) is 7.15. The largest absolute Gasteiger partial charge is 0.573 e. The highest BCUT2D eigenvalue weighted by Crippen LogP contribution is 2.47. The molecule has 6 rings (SSSR count). The predicted octanol–water partition coefficient (Wildman–Crippen LogP) is 5.40. The SMILES string of the molecule is O=C(NS(=O)(=O)C1CC1)c1cc(C2CC2)c(O[C@@H]2C3CC[C@@H]2N[C@H](Oc2cc(Cl)cc(OC(F)(F)F)c2)C3)cc1F. The van der Waals surface area contributed by atoms with E-state index in [4.69, 9.17) is 21.1 Å². The number of halogens is 5. The molecule has 2 N–H and O–H groups in total. The van der Waals surface area contributed by atoms with Gasteiger partial charge in [0.2, 0.25) is 10.0 Å². The number of carbonyl (C=O) groups is 1. The van der Waals surface area contributed by atoms with Crippen LogP contribution in [0.25, 0.3) is 0 Å². The molecule has 41 heavy (non-hydrogen) atoms. The van der Waals surface area contributed by atoms with E-state index in [0.29, 0.717) is 30.6 Å². The van der Waals surface area contributed by atoms with Crippen molar-refractivity contribution in [3.63, 3.8) is 0 Å². The third kappa shape index (κ3) is 6.51. The van der Waals surface area contributed by atoms with Gasteiger partial charge in [0, 0.05) is 35.5 Å². The molecule has 0 spiro atoms. The molecule has 2 bridgehead atoms. The van der Waals surface area contributed by atoms with Crippen molar-refractivity contribution in [2.24, 2.45) is 5.92 Å². The molecule has 1 amide bonds. The number of carbonyl (C=O) groups excluding carboxylic acids is 1. The van der Waals surface area contributed by atoms with Gasteiger partial charge in [-0.15, -0.1) is 13.2 Å². The molecular formula is C27H27ClF4N2O6S. The Hall–Kier alpha value is -2.77. The minimum atomic E-state index is -4.87. The van der Waals surface area contributed by atoms with Crippen LogP contribution in [0.2, 0.25) is 5.02 Å². The first-order chi connectivity index (χ1) is 19.3. The Morgan fingerprint density at radius 3 is 2.37 bits per heavy atom. The lowest BCUT2D eigenvalue weighted by atomic mass is 9.95. The molecule has 3 aliphatic carbocycles. The lowest BCUT2D eigenvalue weighted by Crippen LogP contribution is -2.54. The first kappa shape index (κ1) is 28.4. The Morgan fingerprint density at radius 2 is 1.71 bits per heavy atom. The second-order valence-electron chi connectivity index (χ2n) is 11.0.